The predicted molar refractivity (Wildman–Crippen MR) is 97.0 cm³/mol. The average Bonchev–Trinajstić information content (AvgIpc) is 2.89. The number of aryl methyl sites for hydroxylation is 1. The summed E-state index contributed by atoms with van der Waals surface area (Å²) >= 11 is 0. The summed E-state index contributed by atoms with van der Waals surface area (Å²) in [6, 6.07) is 9.35. The molecule has 0 radical (unpaired) electrons. The van der Waals surface area contributed by atoms with Crippen LogP contribution < -0.4 is 10.6 Å². The molecule has 2 N–H and O–H groups in total. The van der Waals surface area contributed by atoms with Gasteiger partial charge in [0, 0.05) is 36.2 Å². The molecule has 0 spiro atoms. The minimum Gasteiger partial charge on any atom is -0.345 e. The highest BCUT2D eigenvalue weighted by molar-refractivity contribution is 5.95. The molecule has 0 aliphatic carbocycles. The number of benzene rings is 1. The van der Waals surface area contributed by atoms with Crippen LogP contribution in [0.4, 0.5) is 11.6 Å². The van der Waals surface area contributed by atoms with E-state index in [4.69, 9.17) is 0 Å². The molecule has 2 aliphatic rings. The van der Waals surface area contributed by atoms with Gasteiger partial charge in [-0.3, -0.25) is 4.79 Å². The highest BCUT2D eigenvalue weighted by atomic mass is 16.1. The van der Waals surface area contributed by atoms with Crippen molar-refractivity contribution in [1.29, 1.82) is 0 Å². The fraction of sp³-hybridized carbons (Fsp3) is 0.421. The predicted octanol–water partition coefficient (Wildman–Crippen LogP) is 2.50. The lowest BCUT2D eigenvalue weighted by molar-refractivity contribution is 0.0877. The summed E-state index contributed by atoms with van der Waals surface area (Å²) in [6.45, 7) is 5.15. The average molecular weight is 337 g/mol. The summed E-state index contributed by atoms with van der Waals surface area (Å²) in [5.41, 5.74) is 2.33. The van der Waals surface area contributed by atoms with Crippen molar-refractivity contribution in [3.05, 3.63) is 47.8 Å². The topological polar surface area (TPSA) is 70.2 Å². The van der Waals surface area contributed by atoms with Crippen LogP contribution in [-0.2, 0) is 0 Å². The van der Waals surface area contributed by atoms with Crippen LogP contribution in [0.1, 0.15) is 35.3 Å². The third kappa shape index (κ3) is 3.49. The molecule has 2 fully saturated rings. The summed E-state index contributed by atoms with van der Waals surface area (Å²) in [5, 5.41) is 6.47. The molecule has 2 atom stereocenters. The standard InChI is InChI=1S/C19H23N5O/c1-14-6-9-20-18(21-14)22-16-5-2-4-15(12-16)17(25)23-19-7-3-10-24(13-19)11-8-19/h2,4-6,9,12H,3,7-8,10-11,13H2,1H3,(H,23,25)(H,20,21,22). The zero-order valence-corrected chi connectivity index (χ0v) is 14.5. The number of anilines is 2. The molecular formula is C19H23N5O. The van der Waals surface area contributed by atoms with Gasteiger partial charge in [0.05, 0.1) is 5.54 Å². The minimum absolute atomic E-state index is 0.00226. The number of carbonyl (C=O) groups is 1. The van der Waals surface area contributed by atoms with Crippen LogP contribution in [0.5, 0.6) is 0 Å². The molecule has 2 aromatic rings. The lowest BCUT2D eigenvalue weighted by Gasteiger charge is -2.34. The zero-order chi connectivity index (χ0) is 17.3. The van der Waals surface area contributed by atoms with Gasteiger partial charge in [-0.2, -0.15) is 0 Å². The smallest absolute Gasteiger partial charge is 0.251 e. The monoisotopic (exact) mass is 337 g/mol. The highest BCUT2D eigenvalue weighted by Gasteiger charge is 2.41. The number of rotatable bonds is 4. The SMILES string of the molecule is Cc1ccnc(Nc2cccc(C(=O)NC34CCCN(CC3)C4)c2)n1. The number of nitrogens with one attached hydrogen (secondary N) is 2. The fourth-order valence-corrected chi connectivity index (χ4v) is 3.85. The van der Waals surface area contributed by atoms with E-state index < -0.39 is 0 Å². The minimum atomic E-state index is -0.0432. The van der Waals surface area contributed by atoms with Crippen molar-refractivity contribution in [2.24, 2.45) is 0 Å². The third-order valence-electron chi connectivity index (χ3n) is 5.12. The van der Waals surface area contributed by atoms with Crippen LogP contribution in [-0.4, -0.2) is 45.9 Å². The van der Waals surface area contributed by atoms with Gasteiger partial charge in [-0.1, -0.05) is 6.07 Å². The van der Waals surface area contributed by atoms with Crippen LogP contribution in [0.3, 0.4) is 0 Å². The first kappa shape index (κ1) is 16.0. The Labute approximate surface area is 147 Å². The molecule has 2 unspecified atom stereocenters. The lowest BCUT2D eigenvalue weighted by Crippen LogP contribution is -2.52. The molecule has 3 heterocycles. The highest BCUT2D eigenvalue weighted by Crippen LogP contribution is 2.31. The van der Waals surface area contributed by atoms with Gasteiger partial charge in [-0.05, 0) is 57.0 Å². The molecule has 4 rings (SSSR count). The van der Waals surface area contributed by atoms with Gasteiger partial charge in [0.1, 0.15) is 0 Å². The lowest BCUT2D eigenvalue weighted by atomic mass is 9.90. The number of piperidine rings is 1. The van der Waals surface area contributed by atoms with E-state index in [1.165, 1.54) is 0 Å². The summed E-state index contributed by atoms with van der Waals surface area (Å²) in [6.07, 6.45) is 5.00. The first-order chi connectivity index (χ1) is 12.1. The van der Waals surface area contributed by atoms with Crippen molar-refractivity contribution in [2.45, 2.75) is 31.7 Å². The Bertz CT molecular complexity index is 789. The number of amides is 1. The van der Waals surface area contributed by atoms with Crippen LogP contribution in [0.2, 0.25) is 0 Å². The molecule has 1 amide bonds. The van der Waals surface area contributed by atoms with E-state index in [9.17, 15) is 4.79 Å². The van der Waals surface area contributed by atoms with Gasteiger partial charge in [-0.15, -0.1) is 0 Å². The van der Waals surface area contributed by atoms with Crippen molar-refractivity contribution in [2.75, 3.05) is 25.0 Å². The first-order valence-corrected chi connectivity index (χ1v) is 8.84. The van der Waals surface area contributed by atoms with Gasteiger partial charge < -0.3 is 15.5 Å². The van der Waals surface area contributed by atoms with Crippen molar-refractivity contribution in [3.8, 4) is 0 Å². The van der Waals surface area contributed by atoms with E-state index in [1.54, 1.807) is 6.20 Å². The number of hydrogen-bond donors (Lipinski definition) is 2. The van der Waals surface area contributed by atoms with E-state index in [-0.39, 0.29) is 11.4 Å². The molecule has 6 nitrogen and oxygen atoms in total. The number of aromatic nitrogens is 2. The molecule has 2 aliphatic heterocycles. The van der Waals surface area contributed by atoms with E-state index in [1.807, 2.05) is 37.3 Å². The molecule has 130 valence electrons. The summed E-state index contributed by atoms with van der Waals surface area (Å²) in [4.78, 5) is 23.7. The molecule has 25 heavy (non-hydrogen) atoms. The maximum atomic E-state index is 12.8. The zero-order valence-electron chi connectivity index (χ0n) is 14.5. The number of fused-ring (bicyclic) bond motifs is 2. The van der Waals surface area contributed by atoms with Crippen molar-refractivity contribution < 1.29 is 4.79 Å². The number of hydrogen-bond acceptors (Lipinski definition) is 5. The van der Waals surface area contributed by atoms with Crippen LogP contribution in [0.25, 0.3) is 0 Å². The van der Waals surface area contributed by atoms with Crippen LogP contribution >= 0.6 is 0 Å². The summed E-state index contributed by atoms with van der Waals surface area (Å²) in [5.74, 6) is 0.535. The second-order valence-corrected chi connectivity index (χ2v) is 7.09. The maximum absolute atomic E-state index is 12.8. The second-order valence-electron chi connectivity index (χ2n) is 7.09. The molecular weight excluding hydrogens is 314 g/mol. The molecule has 6 heteroatoms. The molecule has 1 aromatic carbocycles. The number of carbonyl (C=O) groups excluding carboxylic acids is 1. The van der Waals surface area contributed by atoms with E-state index in [0.29, 0.717) is 11.5 Å². The van der Waals surface area contributed by atoms with Crippen molar-refractivity contribution >= 4 is 17.5 Å². The van der Waals surface area contributed by atoms with E-state index in [2.05, 4.69) is 25.5 Å². The van der Waals surface area contributed by atoms with Crippen LogP contribution in [0, 0.1) is 6.92 Å². The molecule has 2 bridgehead atoms. The Balaban J connectivity index is 1.48. The fourth-order valence-electron chi connectivity index (χ4n) is 3.85. The Morgan fingerprint density at radius 3 is 3.04 bits per heavy atom. The Morgan fingerprint density at radius 2 is 2.16 bits per heavy atom. The Hall–Kier alpha value is -2.47. The van der Waals surface area contributed by atoms with E-state index >= 15 is 0 Å². The van der Waals surface area contributed by atoms with Crippen molar-refractivity contribution in [1.82, 2.24) is 20.2 Å². The summed E-state index contributed by atoms with van der Waals surface area (Å²) < 4.78 is 0. The van der Waals surface area contributed by atoms with Gasteiger partial charge in [0.15, 0.2) is 0 Å². The number of nitrogens with zero attached hydrogens (tertiary/aromatic N) is 3. The summed E-state index contributed by atoms with van der Waals surface area (Å²) in [7, 11) is 0. The van der Waals surface area contributed by atoms with Gasteiger partial charge in [0.25, 0.3) is 5.91 Å². The maximum Gasteiger partial charge on any atom is 0.251 e. The Morgan fingerprint density at radius 1 is 1.24 bits per heavy atom. The van der Waals surface area contributed by atoms with Crippen molar-refractivity contribution in [3.63, 3.8) is 0 Å². The second kappa shape index (κ2) is 6.44. The van der Waals surface area contributed by atoms with Gasteiger partial charge in [0.2, 0.25) is 5.95 Å². The van der Waals surface area contributed by atoms with Gasteiger partial charge in [-0.25, -0.2) is 9.97 Å². The van der Waals surface area contributed by atoms with Crippen LogP contribution in [0.15, 0.2) is 36.5 Å². The molecule has 2 saturated heterocycles. The van der Waals surface area contributed by atoms with Gasteiger partial charge >= 0.3 is 0 Å². The third-order valence-corrected chi connectivity index (χ3v) is 5.12. The molecule has 1 aromatic heterocycles. The first-order valence-electron chi connectivity index (χ1n) is 8.84. The quantitative estimate of drug-likeness (QED) is 0.897. The van der Waals surface area contributed by atoms with E-state index in [0.717, 1.165) is 50.3 Å². The molecule has 0 saturated carbocycles. The normalized spacial score (nSPS) is 24.8. The largest absolute Gasteiger partial charge is 0.345 e. The Kier molecular flexibility index (Phi) is 4.13.